The summed E-state index contributed by atoms with van der Waals surface area (Å²) in [5.74, 6) is -1.07. The highest BCUT2D eigenvalue weighted by atomic mass is 16.5. The van der Waals surface area contributed by atoms with Gasteiger partial charge in [-0.15, -0.1) is 0 Å². The van der Waals surface area contributed by atoms with Crippen LogP contribution in [0.5, 0.6) is 5.75 Å². The minimum atomic E-state index is -0.965. The molecule has 0 spiro atoms. The van der Waals surface area contributed by atoms with Crippen LogP contribution in [0.1, 0.15) is 40.1 Å². The van der Waals surface area contributed by atoms with Gasteiger partial charge in [0.2, 0.25) is 11.7 Å². The number of esters is 1. The average Bonchev–Trinajstić information content (AvgIpc) is 3.04. The van der Waals surface area contributed by atoms with Gasteiger partial charge in [-0.05, 0) is 55.3 Å². The van der Waals surface area contributed by atoms with Crippen LogP contribution in [0.4, 0.5) is 5.69 Å². The Morgan fingerprint density at radius 2 is 1.88 bits per heavy atom. The number of hydrogen-bond donors (Lipinski definition) is 1. The van der Waals surface area contributed by atoms with Crippen molar-refractivity contribution in [2.75, 3.05) is 11.4 Å². The van der Waals surface area contributed by atoms with E-state index >= 15 is 0 Å². The van der Waals surface area contributed by atoms with Crippen LogP contribution in [0.3, 0.4) is 0 Å². The van der Waals surface area contributed by atoms with E-state index in [1.807, 2.05) is 0 Å². The molecule has 1 heterocycles. The number of hydrogen-bond acceptors (Lipinski definition) is 5. The fourth-order valence-corrected chi connectivity index (χ4v) is 3.03. The van der Waals surface area contributed by atoms with Crippen molar-refractivity contribution in [2.24, 2.45) is 0 Å². The highest BCUT2D eigenvalue weighted by Gasteiger charge is 2.25. The van der Waals surface area contributed by atoms with Gasteiger partial charge < -0.3 is 14.7 Å². The summed E-state index contributed by atoms with van der Waals surface area (Å²) in [6.45, 7) is 3.62. The lowest BCUT2D eigenvalue weighted by Crippen LogP contribution is -2.26. The zero-order valence-electron chi connectivity index (χ0n) is 14.6. The molecular formula is C20H19NO5. The van der Waals surface area contributed by atoms with Crippen molar-refractivity contribution in [1.82, 2.24) is 0 Å². The number of benzene rings is 2. The SMILES string of the molecule is CC(=O)N1CCc2cc(C(=O)[C@@H](C)OC(=O)c3cccc(O)c3)ccc21. The summed E-state index contributed by atoms with van der Waals surface area (Å²) >= 11 is 0. The molecular weight excluding hydrogens is 334 g/mol. The molecule has 1 aliphatic rings. The molecule has 6 nitrogen and oxygen atoms in total. The van der Waals surface area contributed by atoms with E-state index in [1.54, 1.807) is 23.1 Å². The van der Waals surface area contributed by atoms with Crippen LogP contribution in [0.25, 0.3) is 0 Å². The maximum atomic E-state index is 12.6. The Hall–Kier alpha value is -3.15. The molecule has 134 valence electrons. The number of nitrogens with zero attached hydrogens (tertiary/aromatic N) is 1. The van der Waals surface area contributed by atoms with E-state index in [1.165, 1.54) is 38.1 Å². The first-order chi connectivity index (χ1) is 12.4. The molecule has 2 aromatic carbocycles. The molecule has 0 bridgehead atoms. The first-order valence-corrected chi connectivity index (χ1v) is 8.32. The predicted octanol–water partition coefficient (Wildman–Crippen LogP) is 2.73. The standard InChI is InChI=1S/C20H19NO5/c1-12(26-20(25)16-4-3-5-17(23)11-16)19(24)15-6-7-18-14(10-15)8-9-21(18)13(2)22/h3-7,10-12,23H,8-9H2,1-2H3/t12-/m1/s1. The van der Waals surface area contributed by atoms with Gasteiger partial charge in [0.05, 0.1) is 5.56 Å². The highest BCUT2D eigenvalue weighted by molar-refractivity contribution is 6.02. The van der Waals surface area contributed by atoms with Crippen molar-refractivity contribution in [3.8, 4) is 5.75 Å². The number of carbonyl (C=O) groups is 3. The molecule has 0 radical (unpaired) electrons. The zero-order chi connectivity index (χ0) is 18.8. The summed E-state index contributed by atoms with van der Waals surface area (Å²) in [4.78, 5) is 38.0. The lowest BCUT2D eigenvalue weighted by molar-refractivity contribution is -0.116. The minimum absolute atomic E-state index is 0.0313. The van der Waals surface area contributed by atoms with Crippen LogP contribution in [0.15, 0.2) is 42.5 Å². The van der Waals surface area contributed by atoms with Crippen LogP contribution in [-0.2, 0) is 16.0 Å². The van der Waals surface area contributed by atoms with E-state index in [4.69, 9.17) is 4.74 Å². The molecule has 0 aromatic heterocycles. The van der Waals surface area contributed by atoms with E-state index in [9.17, 15) is 19.5 Å². The monoisotopic (exact) mass is 353 g/mol. The quantitative estimate of drug-likeness (QED) is 0.675. The maximum Gasteiger partial charge on any atom is 0.338 e. The number of ketones is 1. The normalized spacial score (nSPS) is 13.8. The van der Waals surface area contributed by atoms with E-state index in [-0.39, 0.29) is 23.0 Å². The summed E-state index contributed by atoms with van der Waals surface area (Å²) in [5.41, 5.74) is 2.36. The summed E-state index contributed by atoms with van der Waals surface area (Å²) in [6.07, 6.45) is -0.277. The van der Waals surface area contributed by atoms with Gasteiger partial charge in [0.15, 0.2) is 6.10 Å². The smallest absolute Gasteiger partial charge is 0.338 e. The number of aromatic hydroxyl groups is 1. The summed E-state index contributed by atoms with van der Waals surface area (Å²) in [7, 11) is 0. The number of phenolic OH excluding ortho intramolecular Hbond substituents is 1. The molecule has 26 heavy (non-hydrogen) atoms. The number of phenols is 1. The molecule has 6 heteroatoms. The molecule has 1 atom stereocenters. The molecule has 1 N–H and O–H groups in total. The molecule has 0 fully saturated rings. The molecule has 1 amide bonds. The predicted molar refractivity (Wildman–Crippen MR) is 95.5 cm³/mol. The van der Waals surface area contributed by atoms with Gasteiger partial charge in [-0.2, -0.15) is 0 Å². The van der Waals surface area contributed by atoms with Crippen molar-refractivity contribution in [3.63, 3.8) is 0 Å². The highest BCUT2D eigenvalue weighted by Crippen LogP contribution is 2.29. The number of fused-ring (bicyclic) bond motifs is 1. The maximum absolute atomic E-state index is 12.6. The minimum Gasteiger partial charge on any atom is -0.508 e. The van der Waals surface area contributed by atoms with Gasteiger partial charge in [0.1, 0.15) is 5.75 Å². The molecule has 3 rings (SSSR count). The van der Waals surface area contributed by atoms with Crippen LogP contribution in [0, 0.1) is 0 Å². The number of carbonyl (C=O) groups excluding carboxylic acids is 3. The van der Waals surface area contributed by atoms with E-state index < -0.39 is 12.1 Å². The van der Waals surface area contributed by atoms with Gasteiger partial charge in [-0.25, -0.2) is 4.79 Å². The van der Waals surface area contributed by atoms with Gasteiger partial charge in [0.25, 0.3) is 0 Å². The lowest BCUT2D eigenvalue weighted by Gasteiger charge is -2.16. The first-order valence-electron chi connectivity index (χ1n) is 8.32. The Labute approximate surface area is 151 Å². The average molecular weight is 353 g/mol. The fourth-order valence-electron chi connectivity index (χ4n) is 3.03. The van der Waals surface area contributed by atoms with E-state index in [0.29, 0.717) is 18.5 Å². The summed E-state index contributed by atoms with van der Waals surface area (Å²) < 4.78 is 5.22. The Morgan fingerprint density at radius 1 is 1.12 bits per heavy atom. The van der Waals surface area contributed by atoms with Crippen molar-refractivity contribution < 1.29 is 24.2 Å². The fraction of sp³-hybridized carbons (Fsp3) is 0.250. The third kappa shape index (κ3) is 3.44. The Kier molecular flexibility index (Phi) is 4.75. The number of amides is 1. The second-order valence-electron chi connectivity index (χ2n) is 6.23. The molecule has 0 saturated carbocycles. The molecule has 2 aromatic rings. The van der Waals surface area contributed by atoms with Gasteiger partial charge in [-0.1, -0.05) is 6.07 Å². The Balaban J connectivity index is 1.73. The summed E-state index contributed by atoms with van der Waals surface area (Å²) in [6, 6.07) is 10.9. The molecule has 0 saturated heterocycles. The molecule has 0 aliphatic carbocycles. The van der Waals surface area contributed by atoms with Gasteiger partial charge in [-0.3, -0.25) is 9.59 Å². The van der Waals surface area contributed by atoms with Crippen LogP contribution >= 0.6 is 0 Å². The largest absolute Gasteiger partial charge is 0.508 e. The number of rotatable bonds is 4. The van der Waals surface area contributed by atoms with Crippen molar-refractivity contribution >= 4 is 23.3 Å². The van der Waals surface area contributed by atoms with E-state index in [0.717, 1.165) is 11.3 Å². The van der Waals surface area contributed by atoms with Crippen LogP contribution in [0.2, 0.25) is 0 Å². The Bertz CT molecular complexity index is 890. The lowest BCUT2D eigenvalue weighted by atomic mass is 10.0. The third-order valence-electron chi connectivity index (χ3n) is 4.37. The van der Waals surface area contributed by atoms with Gasteiger partial charge >= 0.3 is 5.97 Å². The van der Waals surface area contributed by atoms with Crippen LogP contribution in [-0.4, -0.2) is 35.4 Å². The number of ether oxygens (including phenoxy) is 1. The van der Waals surface area contributed by atoms with E-state index in [2.05, 4.69) is 0 Å². The zero-order valence-corrected chi connectivity index (χ0v) is 14.6. The summed E-state index contributed by atoms with van der Waals surface area (Å²) in [5, 5.41) is 9.43. The second kappa shape index (κ2) is 7.00. The van der Waals surface area contributed by atoms with Gasteiger partial charge in [0, 0.05) is 24.7 Å². The Morgan fingerprint density at radius 3 is 2.58 bits per heavy atom. The number of Topliss-reactive ketones (excluding diaryl/α,β-unsaturated/α-hetero) is 1. The third-order valence-corrected chi connectivity index (χ3v) is 4.37. The van der Waals surface area contributed by atoms with Crippen molar-refractivity contribution in [3.05, 3.63) is 59.2 Å². The molecule has 0 unspecified atom stereocenters. The van der Waals surface area contributed by atoms with Crippen molar-refractivity contribution in [2.45, 2.75) is 26.4 Å². The van der Waals surface area contributed by atoms with Crippen LogP contribution < -0.4 is 4.90 Å². The molecule has 1 aliphatic heterocycles. The number of anilines is 1. The first kappa shape index (κ1) is 17.7. The second-order valence-corrected chi connectivity index (χ2v) is 6.23. The van der Waals surface area contributed by atoms with Crippen molar-refractivity contribution in [1.29, 1.82) is 0 Å². The topological polar surface area (TPSA) is 83.9 Å².